The molecule has 0 aromatic carbocycles. The van der Waals surface area contributed by atoms with Gasteiger partial charge >= 0.3 is 0 Å². The second kappa shape index (κ2) is 6.67. The number of aryl methyl sites for hydroxylation is 1. The van der Waals surface area contributed by atoms with Gasteiger partial charge < -0.3 is 5.32 Å². The van der Waals surface area contributed by atoms with Crippen molar-refractivity contribution in [2.75, 3.05) is 4.72 Å². The van der Waals surface area contributed by atoms with Gasteiger partial charge in [-0.1, -0.05) is 6.07 Å². The Balaban J connectivity index is 2.05. The summed E-state index contributed by atoms with van der Waals surface area (Å²) >= 11 is 1.23. The summed E-state index contributed by atoms with van der Waals surface area (Å²) in [6, 6.07) is 4.79. The lowest BCUT2D eigenvalue weighted by Gasteiger charge is -2.07. The minimum Gasteiger partial charge on any atom is -0.327 e. The lowest BCUT2D eigenvalue weighted by Crippen LogP contribution is -2.18. The maximum atomic E-state index is 13.5. The van der Waals surface area contributed by atoms with Crippen LogP contribution in [0.4, 0.5) is 10.1 Å². The van der Waals surface area contributed by atoms with Crippen molar-refractivity contribution < 1.29 is 17.6 Å². The average Bonchev–Trinajstić information content (AvgIpc) is 2.97. The van der Waals surface area contributed by atoms with Crippen molar-refractivity contribution in [1.82, 2.24) is 10.3 Å². The van der Waals surface area contributed by atoms with Crippen LogP contribution in [-0.4, -0.2) is 19.3 Å². The molecule has 22 heavy (non-hydrogen) atoms. The van der Waals surface area contributed by atoms with Crippen molar-refractivity contribution >= 4 is 33.0 Å². The van der Waals surface area contributed by atoms with Gasteiger partial charge in [-0.25, -0.2) is 13.4 Å². The van der Waals surface area contributed by atoms with Gasteiger partial charge in [0.15, 0.2) is 0 Å². The molecular weight excluding hydrogens is 329 g/mol. The molecule has 0 spiro atoms. The van der Waals surface area contributed by atoms with Crippen LogP contribution in [0.2, 0.25) is 0 Å². The first-order chi connectivity index (χ1) is 10.4. The van der Waals surface area contributed by atoms with E-state index in [1.54, 1.807) is 24.4 Å². The van der Waals surface area contributed by atoms with Gasteiger partial charge in [0.25, 0.3) is 15.9 Å². The number of nitrogens with one attached hydrogen (secondary N) is 2. The molecule has 0 aliphatic rings. The minimum absolute atomic E-state index is 0.225. The van der Waals surface area contributed by atoms with E-state index >= 15 is 0 Å². The third kappa shape index (κ3) is 4.12. The first-order valence-electron chi connectivity index (χ1n) is 6.04. The van der Waals surface area contributed by atoms with Crippen molar-refractivity contribution in [3.8, 4) is 0 Å². The lowest BCUT2D eigenvalue weighted by atomic mass is 10.2. The Kier molecular flexibility index (Phi) is 4.88. The van der Waals surface area contributed by atoms with Crippen molar-refractivity contribution in [3.05, 3.63) is 57.8 Å². The van der Waals surface area contributed by atoms with Gasteiger partial charge in [-0.2, -0.15) is 4.39 Å². The van der Waals surface area contributed by atoms with Gasteiger partial charge in [0.1, 0.15) is 5.69 Å². The van der Waals surface area contributed by atoms with Crippen LogP contribution in [0.5, 0.6) is 0 Å². The van der Waals surface area contributed by atoms with Gasteiger partial charge in [-0.3, -0.25) is 9.52 Å². The molecule has 1 amide bonds. The third-order valence-corrected chi connectivity index (χ3v) is 4.42. The Morgan fingerprint density at radius 3 is 2.82 bits per heavy atom. The van der Waals surface area contributed by atoms with Crippen LogP contribution < -0.4 is 10.0 Å². The summed E-state index contributed by atoms with van der Waals surface area (Å²) in [6.07, 6.45) is 2.22. The summed E-state index contributed by atoms with van der Waals surface area (Å²) in [5.74, 6) is -1.34. The number of nitrogens with zero attached hydrogens (tertiary/aromatic N) is 1. The summed E-state index contributed by atoms with van der Waals surface area (Å²) in [7, 11) is -3.97. The molecule has 116 valence electrons. The van der Waals surface area contributed by atoms with E-state index < -0.39 is 21.9 Å². The molecule has 2 N–H and O–H groups in total. The van der Waals surface area contributed by atoms with Crippen LogP contribution in [0.25, 0.3) is 0 Å². The molecule has 0 saturated heterocycles. The van der Waals surface area contributed by atoms with Crippen molar-refractivity contribution in [2.45, 2.75) is 6.92 Å². The van der Waals surface area contributed by atoms with E-state index in [2.05, 4.69) is 15.0 Å². The third-order valence-electron chi connectivity index (χ3n) is 2.56. The fraction of sp³-hybridized carbons (Fsp3) is 0.0769. The minimum atomic E-state index is -3.97. The number of rotatable bonds is 5. The molecule has 6 nitrogen and oxygen atoms in total. The van der Waals surface area contributed by atoms with E-state index in [0.29, 0.717) is 10.4 Å². The van der Waals surface area contributed by atoms with Crippen molar-refractivity contribution in [2.24, 2.45) is 0 Å². The number of halogens is 1. The van der Waals surface area contributed by atoms with E-state index in [1.807, 2.05) is 0 Å². The predicted octanol–water partition coefficient (Wildman–Crippen LogP) is 2.23. The maximum Gasteiger partial charge on any atom is 0.265 e. The first kappa shape index (κ1) is 16.1. The van der Waals surface area contributed by atoms with Gasteiger partial charge in [0.05, 0.1) is 10.3 Å². The Bertz CT molecular complexity index is 782. The highest BCUT2D eigenvalue weighted by atomic mass is 32.2. The number of pyridine rings is 1. The fourth-order valence-electron chi connectivity index (χ4n) is 1.50. The molecule has 9 heteroatoms. The van der Waals surface area contributed by atoms with Crippen LogP contribution in [0, 0.1) is 12.9 Å². The van der Waals surface area contributed by atoms with Gasteiger partial charge in [0, 0.05) is 12.4 Å². The zero-order chi connectivity index (χ0) is 16.2. The maximum absolute atomic E-state index is 13.5. The Morgan fingerprint density at radius 2 is 2.18 bits per heavy atom. The molecule has 2 aromatic rings. The normalized spacial score (nSPS) is 11.5. The molecule has 2 aromatic heterocycles. The van der Waals surface area contributed by atoms with Crippen LogP contribution in [-0.2, 0) is 10.0 Å². The number of carbonyl (C=O) groups excluding carboxylic acids is 1. The highest BCUT2D eigenvalue weighted by molar-refractivity contribution is 7.95. The molecule has 0 unspecified atom stereocenters. The van der Waals surface area contributed by atoms with Crippen LogP contribution >= 0.6 is 11.3 Å². The molecule has 0 atom stereocenters. The molecule has 0 radical (unpaired) electrons. The standard InChI is InChI=1S/C13H12FN3O3S2/c1-9-4-5-15-12(14)11(9)17-22(19,20)8-6-16-13(18)10-3-2-7-21-10/h2-8,17H,1H3,(H,16,18)/b8-6+. The summed E-state index contributed by atoms with van der Waals surface area (Å²) < 4.78 is 39.2. The van der Waals surface area contributed by atoms with E-state index in [9.17, 15) is 17.6 Å². The number of amides is 1. The van der Waals surface area contributed by atoms with Gasteiger partial charge in [-0.05, 0) is 30.0 Å². The largest absolute Gasteiger partial charge is 0.327 e. The van der Waals surface area contributed by atoms with Crippen molar-refractivity contribution in [3.63, 3.8) is 0 Å². The average molecular weight is 341 g/mol. The molecular formula is C13H12FN3O3S2. The SMILES string of the molecule is Cc1ccnc(F)c1NS(=O)(=O)/C=C/NC(=O)c1cccs1. The van der Waals surface area contributed by atoms with E-state index in [1.165, 1.54) is 23.6 Å². The number of anilines is 1. The summed E-state index contributed by atoms with van der Waals surface area (Å²) in [6.45, 7) is 1.55. The smallest absolute Gasteiger partial charge is 0.265 e. The number of hydrogen-bond donors (Lipinski definition) is 2. The highest BCUT2D eigenvalue weighted by Gasteiger charge is 2.13. The fourth-order valence-corrected chi connectivity index (χ4v) is 2.97. The number of thiophene rings is 1. The molecule has 2 rings (SSSR count). The molecule has 0 fully saturated rings. The summed E-state index contributed by atoms with van der Waals surface area (Å²) in [4.78, 5) is 15.4. The second-order valence-electron chi connectivity index (χ2n) is 4.19. The lowest BCUT2D eigenvalue weighted by molar-refractivity contribution is 0.0974. The zero-order valence-electron chi connectivity index (χ0n) is 11.4. The number of hydrogen-bond acceptors (Lipinski definition) is 5. The topological polar surface area (TPSA) is 88.2 Å². The first-order valence-corrected chi connectivity index (χ1v) is 8.46. The molecule has 0 aliphatic heterocycles. The molecule has 0 bridgehead atoms. The number of aromatic nitrogens is 1. The monoisotopic (exact) mass is 341 g/mol. The molecule has 0 aliphatic carbocycles. The van der Waals surface area contributed by atoms with Crippen LogP contribution in [0.3, 0.4) is 0 Å². The molecule has 2 heterocycles. The summed E-state index contributed by atoms with van der Waals surface area (Å²) in [5, 5.41) is 4.79. The Hall–Kier alpha value is -2.26. The second-order valence-corrected chi connectivity index (χ2v) is 6.71. The van der Waals surface area contributed by atoms with E-state index in [0.717, 1.165) is 11.6 Å². The number of carbonyl (C=O) groups is 1. The Labute approximate surface area is 130 Å². The number of sulfonamides is 1. The van der Waals surface area contributed by atoms with Gasteiger partial charge in [-0.15, -0.1) is 11.3 Å². The van der Waals surface area contributed by atoms with E-state index in [4.69, 9.17) is 0 Å². The van der Waals surface area contributed by atoms with Crippen LogP contribution in [0.1, 0.15) is 15.2 Å². The highest BCUT2D eigenvalue weighted by Crippen LogP contribution is 2.18. The van der Waals surface area contributed by atoms with Crippen LogP contribution in [0.15, 0.2) is 41.4 Å². The summed E-state index contributed by atoms with van der Waals surface area (Å²) in [5.41, 5.74) is 0.170. The van der Waals surface area contributed by atoms with E-state index in [-0.39, 0.29) is 5.69 Å². The van der Waals surface area contributed by atoms with Gasteiger partial charge in [0.2, 0.25) is 5.95 Å². The zero-order valence-corrected chi connectivity index (χ0v) is 13.0. The quantitative estimate of drug-likeness (QED) is 0.816. The Morgan fingerprint density at radius 1 is 1.41 bits per heavy atom. The van der Waals surface area contributed by atoms with Crippen molar-refractivity contribution in [1.29, 1.82) is 0 Å². The predicted molar refractivity (Wildman–Crippen MR) is 82.4 cm³/mol. The molecule has 0 saturated carbocycles.